The Morgan fingerprint density at radius 3 is 2.75 bits per heavy atom. The molecule has 1 aromatic carbocycles. The van der Waals surface area contributed by atoms with E-state index in [4.69, 9.17) is 0 Å². The number of aromatic nitrogens is 1. The summed E-state index contributed by atoms with van der Waals surface area (Å²) >= 11 is 1.02. The van der Waals surface area contributed by atoms with Gasteiger partial charge in [-0.15, -0.1) is 0 Å². The van der Waals surface area contributed by atoms with Crippen LogP contribution in [0.25, 0.3) is 0 Å². The van der Waals surface area contributed by atoms with Gasteiger partial charge in [-0.1, -0.05) is 23.9 Å². The number of hydrogen-bond acceptors (Lipinski definition) is 4. The first-order valence-electron chi connectivity index (χ1n) is 7.13. The van der Waals surface area contributed by atoms with Crippen molar-refractivity contribution >= 4 is 22.9 Å². The van der Waals surface area contributed by atoms with Crippen LogP contribution in [0.4, 0.5) is 13.6 Å². The molecule has 1 aromatic heterocycles. The third-order valence-electron chi connectivity index (χ3n) is 3.57. The summed E-state index contributed by atoms with van der Waals surface area (Å²) in [6.45, 7) is 0. The fourth-order valence-corrected chi connectivity index (χ4v) is 3.14. The number of amides is 2. The van der Waals surface area contributed by atoms with Crippen molar-refractivity contribution in [3.05, 3.63) is 65.5 Å². The summed E-state index contributed by atoms with van der Waals surface area (Å²) in [6, 6.07) is 5.49. The monoisotopic (exact) mass is 349 g/mol. The lowest BCUT2D eigenvalue weighted by Gasteiger charge is -2.21. The van der Waals surface area contributed by atoms with Gasteiger partial charge in [-0.25, -0.2) is 8.78 Å². The first-order valence-corrected chi connectivity index (χ1v) is 8.11. The van der Waals surface area contributed by atoms with Crippen LogP contribution in [-0.2, 0) is 4.79 Å². The van der Waals surface area contributed by atoms with Crippen LogP contribution < -0.4 is 10.6 Å². The molecule has 0 saturated carbocycles. The Bertz CT molecular complexity index is 773. The lowest BCUT2D eigenvalue weighted by Crippen LogP contribution is -2.44. The zero-order valence-corrected chi connectivity index (χ0v) is 13.1. The lowest BCUT2D eigenvalue weighted by atomic mass is 9.99. The molecule has 1 saturated heterocycles. The molecule has 0 bridgehead atoms. The summed E-state index contributed by atoms with van der Waals surface area (Å²) in [4.78, 5) is 27.6. The third-order valence-corrected chi connectivity index (χ3v) is 4.45. The molecule has 124 valence electrons. The first kappa shape index (κ1) is 16.4. The van der Waals surface area contributed by atoms with Crippen LogP contribution in [0.5, 0.6) is 0 Å². The van der Waals surface area contributed by atoms with E-state index in [1.807, 2.05) is 0 Å². The predicted octanol–water partition coefficient (Wildman–Crippen LogP) is 2.39. The molecule has 0 unspecified atom stereocenters. The fraction of sp³-hybridized carbons (Fsp3) is 0.188. The molecule has 5 nitrogen and oxygen atoms in total. The molecule has 0 aliphatic carbocycles. The Morgan fingerprint density at radius 1 is 1.29 bits per heavy atom. The van der Waals surface area contributed by atoms with Crippen molar-refractivity contribution in [3.63, 3.8) is 0 Å². The minimum absolute atomic E-state index is 0.263. The summed E-state index contributed by atoms with van der Waals surface area (Å²) in [7, 11) is 0. The van der Waals surface area contributed by atoms with Gasteiger partial charge in [0, 0.05) is 18.1 Å². The number of carbonyl (C=O) groups excluding carboxylic acids is 2. The van der Waals surface area contributed by atoms with Gasteiger partial charge in [0.25, 0.3) is 5.24 Å². The number of thioether (sulfide) groups is 1. The number of benzene rings is 1. The van der Waals surface area contributed by atoms with Gasteiger partial charge in [-0.05, 0) is 29.3 Å². The zero-order chi connectivity index (χ0) is 17.1. The minimum atomic E-state index is -1.000. The predicted molar refractivity (Wildman–Crippen MR) is 85.4 cm³/mol. The molecule has 0 radical (unpaired) electrons. The van der Waals surface area contributed by atoms with Crippen molar-refractivity contribution in [3.8, 4) is 0 Å². The zero-order valence-electron chi connectivity index (χ0n) is 12.3. The standard InChI is InChI=1S/C16H13F2N3O2S/c17-11-4-3-9(6-12(11)18)14(10-2-1-5-19-7-10)21-15(22)13-8-24-16(23)20-13/h1-7,13-14H,8H2,(H,20,23)(H,21,22)/t13-,14-/m0/s1. The Kier molecular flexibility index (Phi) is 4.75. The van der Waals surface area contributed by atoms with E-state index >= 15 is 0 Å². The number of pyridine rings is 1. The van der Waals surface area contributed by atoms with Gasteiger partial charge in [0.15, 0.2) is 11.6 Å². The highest BCUT2D eigenvalue weighted by Crippen LogP contribution is 2.24. The molecule has 24 heavy (non-hydrogen) atoms. The van der Waals surface area contributed by atoms with E-state index in [-0.39, 0.29) is 5.24 Å². The van der Waals surface area contributed by atoms with Gasteiger partial charge in [0.1, 0.15) is 6.04 Å². The quantitative estimate of drug-likeness (QED) is 0.889. The normalized spacial score (nSPS) is 18.1. The lowest BCUT2D eigenvalue weighted by molar-refractivity contribution is -0.122. The number of nitrogens with one attached hydrogen (secondary N) is 2. The smallest absolute Gasteiger partial charge is 0.279 e. The van der Waals surface area contributed by atoms with Gasteiger partial charge in [-0.2, -0.15) is 0 Å². The van der Waals surface area contributed by atoms with Crippen molar-refractivity contribution in [2.45, 2.75) is 12.1 Å². The minimum Gasteiger partial charge on any atom is -0.343 e. The van der Waals surface area contributed by atoms with E-state index in [0.717, 1.165) is 23.9 Å². The van der Waals surface area contributed by atoms with Crippen LogP contribution in [0.15, 0.2) is 42.7 Å². The highest BCUT2D eigenvalue weighted by atomic mass is 32.2. The van der Waals surface area contributed by atoms with E-state index in [2.05, 4.69) is 15.6 Å². The molecular formula is C16H13F2N3O2S. The van der Waals surface area contributed by atoms with Gasteiger partial charge in [0.2, 0.25) is 5.91 Å². The van der Waals surface area contributed by atoms with Crippen LogP contribution in [0.1, 0.15) is 17.2 Å². The largest absolute Gasteiger partial charge is 0.343 e. The maximum absolute atomic E-state index is 13.6. The molecule has 2 atom stereocenters. The summed E-state index contributed by atoms with van der Waals surface area (Å²) in [6.07, 6.45) is 3.11. The second-order valence-corrected chi connectivity index (χ2v) is 6.19. The summed E-state index contributed by atoms with van der Waals surface area (Å²) in [5.41, 5.74) is 1.00. The van der Waals surface area contributed by atoms with Gasteiger partial charge < -0.3 is 10.6 Å². The number of rotatable bonds is 4. The van der Waals surface area contributed by atoms with Crippen LogP contribution in [0.2, 0.25) is 0 Å². The maximum Gasteiger partial charge on any atom is 0.279 e. The molecule has 2 N–H and O–H groups in total. The average molecular weight is 349 g/mol. The molecule has 1 aliphatic rings. The Hall–Kier alpha value is -2.48. The fourth-order valence-electron chi connectivity index (χ4n) is 2.37. The van der Waals surface area contributed by atoms with E-state index in [1.165, 1.54) is 12.3 Å². The van der Waals surface area contributed by atoms with Gasteiger partial charge in [0.05, 0.1) is 6.04 Å². The Morgan fingerprint density at radius 2 is 2.12 bits per heavy atom. The number of hydrogen-bond donors (Lipinski definition) is 2. The number of halogens is 2. The maximum atomic E-state index is 13.6. The summed E-state index contributed by atoms with van der Waals surface area (Å²) in [5.74, 6) is -2.04. The van der Waals surface area contributed by atoms with Crippen LogP contribution in [0, 0.1) is 11.6 Å². The second-order valence-electron chi connectivity index (χ2n) is 5.20. The number of carbonyl (C=O) groups is 2. The highest BCUT2D eigenvalue weighted by Gasteiger charge is 2.30. The third kappa shape index (κ3) is 3.53. The van der Waals surface area contributed by atoms with E-state index < -0.39 is 29.6 Å². The van der Waals surface area contributed by atoms with Crippen molar-refractivity contribution in [1.29, 1.82) is 0 Å². The molecule has 2 aromatic rings. The van der Waals surface area contributed by atoms with Gasteiger partial charge in [-0.3, -0.25) is 14.6 Å². The molecule has 2 heterocycles. The Labute approximate surface area is 140 Å². The molecule has 2 amide bonds. The van der Waals surface area contributed by atoms with E-state index in [1.54, 1.807) is 18.3 Å². The molecular weight excluding hydrogens is 336 g/mol. The average Bonchev–Trinajstić information content (AvgIpc) is 3.02. The van der Waals surface area contributed by atoms with Crippen LogP contribution >= 0.6 is 11.8 Å². The topological polar surface area (TPSA) is 71.1 Å². The molecule has 8 heteroatoms. The van der Waals surface area contributed by atoms with Crippen molar-refractivity contribution in [1.82, 2.24) is 15.6 Å². The Balaban J connectivity index is 1.89. The van der Waals surface area contributed by atoms with Crippen LogP contribution in [0.3, 0.4) is 0 Å². The second kappa shape index (κ2) is 6.96. The highest BCUT2D eigenvalue weighted by molar-refractivity contribution is 8.14. The van der Waals surface area contributed by atoms with Gasteiger partial charge >= 0.3 is 0 Å². The summed E-state index contributed by atoms with van der Waals surface area (Å²) in [5, 5.41) is 5.04. The SMILES string of the molecule is O=C1N[C@H](C(=O)N[C@H](c2cccnc2)c2ccc(F)c(F)c2)CS1. The van der Waals surface area contributed by atoms with E-state index in [0.29, 0.717) is 16.9 Å². The molecule has 0 spiro atoms. The van der Waals surface area contributed by atoms with Crippen LogP contribution in [-0.4, -0.2) is 27.9 Å². The molecule has 1 aliphatic heterocycles. The molecule has 1 fully saturated rings. The molecule has 3 rings (SSSR count). The van der Waals surface area contributed by atoms with Crippen molar-refractivity contribution < 1.29 is 18.4 Å². The first-order chi connectivity index (χ1) is 11.5. The number of nitrogens with zero attached hydrogens (tertiary/aromatic N) is 1. The summed E-state index contributed by atoms with van der Waals surface area (Å²) < 4.78 is 26.8. The van der Waals surface area contributed by atoms with E-state index in [9.17, 15) is 18.4 Å². The van der Waals surface area contributed by atoms with Crippen molar-refractivity contribution in [2.24, 2.45) is 0 Å². The van der Waals surface area contributed by atoms with Crippen molar-refractivity contribution in [2.75, 3.05) is 5.75 Å².